The molecule has 144 valence electrons. The van der Waals surface area contributed by atoms with E-state index in [9.17, 15) is 13.2 Å². The molecule has 1 atom stereocenters. The number of nitrogens with zero attached hydrogens (tertiary/aromatic N) is 1. The first kappa shape index (κ1) is 19.0. The molecule has 8 heteroatoms. The number of amides is 1. The summed E-state index contributed by atoms with van der Waals surface area (Å²) in [5, 5.41) is 2.76. The number of sulfonamides is 1. The Morgan fingerprint density at radius 3 is 2.78 bits per heavy atom. The Balaban J connectivity index is 1.84. The van der Waals surface area contributed by atoms with Crippen molar-refractivity contribution in [1.29, 1.82) is 0 Å². The number of benzene rings is 2. The maximum atomic E-state index is 12.7. The van der Waals surface area contributed by atoms with Crippen molar-refractivity contribution in [3.05, 3.63) is 48.0 Å². The second-order valence-electron chi connectivity index (χ2n) is 6.32. The van der Waals surface area contributed by atoms with E-state index in [2.05, 4.69) is 5.32 Å². The average Bonchev–Trinajstić information content (AvgIpc) is 2.60. The molecule has 1 aliphatic heterocycles. The van der Waals surface area contributed by atoms with Crippen LogP contribution in [-0.2, 0) is 14.8 Å². The Hall–Kier alpha value is -2.74. The highest BCUT2D eigenvalue weighted by Crippen LogP contribution is 2.36. The number of fused-ring (bicyclic) bond motifs is 1. The Kier molecular flexibility index (Phi) is 5.27. The van der Waals surface area contributed by atoms with Crippen LogP contribution in [0.1, 0.15) is 12.5 Å². The molecular weight excluding hydrogens is 368 g/mol. The van der Waals surface area contributed by atoms with Gasteiger partial charge in [-0.3, -0.25) is 9.10 Å². The van der Waals surface area contributed by atoms with Crippen molar-refractivity contribution in [2.75, 3.05) is 29.0 Å². The van der Waals surface area contributed by atoms with Gasteiger partial charge >= 0.3 is 0 Å². The second-order valence-corrected chi connectivity index (χ2v) is 8.23. The first-order valence-corrected chi connectivity index (χ1v) is 10.4. The molecule has 27 heavy (non-hydrogen) atoms. The van der Waals surface area contributed by atoms with E-state index in [0.29, 0.717) is 29.5 Å². The van der Waals surface area contributed by atoms with Crippen LogP contribution < -0.4 is 19.1 Å². The molecule has 0 bridgehead atoms. The van der Waals surface area contributed by atoms with Gasteiger partial charge in [-0.2, -0.15) is 0 Å². The van der Waals surface area contributed by atoms with Crippen molar-refractivity contribution in [3.63, 3.8) is 0 Å². The average molecular weight is 390 g/mol. The summed E-state index contributed by atoms with van der Waals surface area (Å²) in [6.07, 6.45) is 0.149. The van der Waals surface area contributed by atoms with E-state index in [0.717, 1.165) is 11.8 Å². The summed E-state index contributed by atoms with van der Waals surface area (Å²) in [5.41, 5.74) is 1.90. The first-order valence-electron chi connectivity index (χ1n) is 8.56. The fourth-order valence-corrected chi connectivity index (χ4v) is 3.77. The van der Waals surface area contributed by atoms with Crippen LogP contribution in [-0.4, -0.2) is 39.8 Å². The van der Waals surface area contributed by atoms with Crippen LogP contribution in [0.25, 0.3) is 0 Å². The van der Waals surface area contributed by atoms with Crippen molar-refractivity contribution in [1.82, 2.24) is 0 Å². The molecular formula is C19H22N2O5S. The van der Waals surface area contributed by atoms with Crippen molar-refractivity contribution in [2.45, 2.75) is 20.0 Å². The normalized spacial score (nSPS) is 16.3. The molecule has 0 radical (unpaired) electrons. The molecule has 1 heterocycles. The van der Waals surface area contributed by atoms with Crippen molar-refractivity contribution >= 4 is 27.3 Å². The molecule has 0 saturated heterocycles. The van der Waals surface area contributed by atoms with Crippen LogP contribution in [0, 0.1) is 6.92 Å². The number of anilines is 2. The topological polar surface area (TPSA) is 84.9 Å². The summed E-state index contributed by atoms with van der Waals surface area (Å²) in [4.78, 5) is 12.7. The highest BCUT2D eigenvalue weighted by Gasteiger charge is 2.35. The van der Waals surface area contributed by atoms with E-state index >= 15 is 0 Å². The lowest BCUT2D eigenvalue weighted by atomic mass is 10.1. The van der Waals surface area contributed by atoms with E-state index < -0.39 is 22.0 Å². The molecule has 1 N–H and O–H groups in total. The third kappa shape index (κ3) is 4.33. The SMILES string of the molecule is CCOc1cccc(NC(=O)[C@@H]2CN(S(C)(=O)=O)c3cc(C)ccc3O2)c1. The fraction of sp³-hybridized carbons (Fsp3) is 0.316. The molecule has 1 aliphatic rings. The maximum absolute atomic E-state index is 12.7. The van der Waals surface area contributed by atoms with E-state index in [4.69, 9.17) is 9.47 Å². The molecule has 7 nitrogen and oxygen atoms in total. The predicted molar refractivity (Wildman–Crippen MR) is 104 cm³/mol. The summed E-state index contributed by atoms with van der Waals surface area (Å²) in [6.45, 7) is 4.17. The molecule has 2 aromatic carbocycles. The number of nitrogens with one attached hydrogen (secondary N) is 1. The minimum atomic E-state index is -3.56. The first-order chi connectivity index (χ1) is 12.8. The van der Waals surface area contributed by atoms with E-state index in [1.165, 1.54) is 4.31 Å². The van der Waals surface area contributed by atoms with Gasteiger partial charge in [0.1, 0.15) is 11.5 Å². The van der Waals surface area contributed by atoms with Crippen molar-refractivity contribution < 1.29 is 22.7 Å². The van der Waals surface area contributed by atoms with Crippen LogP contribution in [0.3, 0.4) is 0 Å². The molecule has 0 aromatic heterocycles. The number of rotatable bonds is 5. The van der Waals surface area contributed by atoms with Crippen LogP contribution in [0.2, 0.25) is 0 Å². The smallest absolute Gasteiger partial charge is 0.267 e. The zero-order valence-electron chi connectivity index (χ0n) is 15.4. The number of hydrogen-bond acceptors (Lipinski definition) is 5. The summed E-state index contributed by atoms with van der Waals surface area (Å²) >= 11 is 0. The zero-order valence-corrected chi connectivity index (χ0v) is 16.2. The lowest BCUT2D eigenvalue weighted by molar-refractivity contribution is -0.122. The Bertz CT molecular complexity index is 958. The van der Waals surface area contributed by atoms with Gasteiger partial charge < -0.3 is 14.8 Å². The molecule has 0 spiro atoms. The second kappa shape index (κ2) is 7.48. The molecule has 0 aliphatic carbocycles. The Morgan fingerprint density at radius 1 is 1.30 bits per heavy atom. The van der Waals surface area contributed by atoms with E-state index in [-0.39, 0.29) is 6.54 Å². The van der Waals surface area contributed by atoms with Gasteiger partial charge in [0.15, 0.2) is 6.10 Å². The molecule has 0 unspecified atom stereocenters. The van der Waals surface area contributed by atoms with Crippen molar-refractivity contribution in [3.8, 4) is 11.5 Å². The van der Waals surface area contributed by atoms with Gasteiger partial charge in [0.2, 0.25) is 10.0 Å². The quantitative estimate of drug-likeness (QED) is 0.848. The largest absolute Gasteiger partial charge is 0.494 e. The molecule has 1 amide bonds. The van der Waals surface area contributed by atoms with Gasteiger partial charge in [-0.1, -0.05) is 12.1 Å². The van der Waals surface area contributed by atoms with Crippen molar-refractivity contribution in [2.24, 2.45) is 0 Å². The van der Waals surface area contributed by atoms with Gasteiger partial charge in [-0.15, -0.1) is 0 Å². The van der Waals surface area contributed by atoms with Crippen LogP contribution >= 0.6 is 0 Å². The van der Waals surface area contributed by atoms with E-state index in [1.54, 1.807) is 36.4 Å². The Morgan fingerprint density at radius 2 is 2.07 bits per heavy atom. The summed E-state index contributed by atoms with van der Waals surface area (Å²) in [7, 11) is -3.56. The third-order valence-corrected chi connectivity index (χ3v) is 5.24. The molecule has 0 saturated carbocycles. The lowest BCUT2D eigenvalue weighted by Crippen LogP contribution is -2.48. The number of aryl methyl sites for hydroxylation is 1. The van der Waals surface area contributed by atoms with Crippen LogP contribution in [0.5, 0.6) is 11.5 Å². The lowest BCUT2D eigenvalue weighted by Gasteiger charge is -2.34. The van der Waals surface area contributed by atoms with E-state index in [1.807, 2.05) is 19.9 Å². The summed E-state index contributed by atoms with van der Waals surface area (Å²) in [6, 6.07) is 12.2. The molecule has 0 fully saturated rings. The maximum Gasteiger partial charge on any atom is 0.267 e. The van der Waals surface area contributed by atoms with Gasteiger partial charge in [0.25, 0.3) is 5.91 Å². The number of carbonyl (C=O) groups excluding carboxylic acids is 1. The third-order valence-electron chi connectivity index (χ3n) is 4.09. The minimum absolute atomic E-state index is 0.0910. The number of carbonyl (C=O) groups is 1. The van der Waals surface area contributed by atoms with Crippen LogP contribution in [0.4, 0.5) is 11.4 Å². The summed E-state index contributed by atoms with van der Waals surface area (Å²) < 4.78 is 36.9. The molecule has 2 aromatic rings. The highest BCUT2D eigenvalue weighted by atomic mass is 32.2. The zero-order chi connectivity index (χ0) is 19.6. The number of hydrogen-bond donors (Lipinski definition) is 1. The highest BCUT2D eigenvalue weighted by molar-refractivity contribution is 7.92. The monoisotopic (exact) mass is 390 g/mol. The fourth-order valence-electron chi connectivity index (χ4n) is 2.86. The van der Waals surface area contributed by atoms with Gasteiger partial charge in [0, 0.05) is 11.8 Å². The van der Waals surface area contributed by atoms with Crippen LogP contribution in [0.15, 0.2) is 42.5 Å². The number of ether oxygens (including phenoxy) is 2. The molecule has 3 rings (SSSR count). The Labute approximate surface area is 158 Å². The minimum Gasteiger partial charge on any atom is -0.494 e. The predicted octanol–water partition coefficient (Wildman–Crippen LogP) is 2.56. The van der Waals surface area contributed by atoms with Gasteiger partial charge in [-0.05, 0) is 43.7 Å². The van der Waals surface area contributed by atoms with Gasteiger partial charge in [-0.25, -0.2) is 8.42 Å². The standard InChI is InChI=1S/C19H22N2O5S/c1-4-25-15-7-5-6-14(11-15)20-19(22)18-12-21(27(3,23)24)16-10-13(2)8-9-17(16)26-18/h5-11,18H,4,12H2,1-3H3,(H,20,22)/t18-/m0/s1. The summed E-state index contributed by atoms with van der Waals surface area (Å²) in [5.74, 6) is 0.572. The van der Waals surface area contributed by atoms with Gasteiger partial charge in [0.05, 0.1) is 25.1 Å².